The van der Waals surface area contributed by atoms with Crippen LogP contribution in [0.2, 0.25) is 0 Å². The van der Waals surface area contributed by atoms with E-state index in [4.69, 9.17) is 4.74 Å². The van der Waals surface area contributed by atoms with E-state index < -0.39 is 0 Å². The van der Waals surface area contributed by atoms with Crippen LogP contribution in [0.3, 0.4) is 0 Å². The molecule has 0 radical (unpaired) electrons. The Kier molecular flexibility index (Phi) is 5.10. The fourth-order valence-corrected chi connectivity index (χ4v) is 0.907. The molecular weight excluding hydrogens is 174 g/mol. The average Bonchev–Trinajstić information content (AvgIpc) is 1.96. The van der Waals surface area contributed by atoms with Crippen LogP contribution in [0.1, 0.15) is 48.5 Å². The van der Waals surface area contributed by atoms with Gasteiger partial charge in [0.2, 0.25) is 0 Å². The Morgan fingerprint density at radius 1 is 1.07 bits per heavy atom. The van der Waals surface area contributed by atoms with Crippen molar-refractivity contribution in [1.82, 2.24) is 5.32 Å². The molecule has 1 N–H and O–H groups in total. The second-order valence-electron chi connectivity index (χ2n) is 5.78. The van der Waals surface area contributed by atoms with Crippen LogP contribution in [0.4, 0.5) is 0 Å². The second-order valence-corrected chi connectivity index (χ2v) is 5.78. The number of ether oxygens (including phenoxy) is 1. The highest BCUT2D eigenvalue weighted by molar-refractivity contribution is 4.74. The summed E-state index contributed by atoms with van der Waals surface area (Å²) in [6.07, 6.45) is 0. The molecule has 0 atom stereocenters. The molecule has 2 nitrogen and oxygen atoms in total. The molecule has 0 aromatic heterocycles. The molecule has 0 spiro atoms. The van der Waals surface area contributed by atoms with E-state index in [2.05, 4.69) is 53.8 Å². The maximum absolute atomic E-state index is 5.82. The van der Waals surface area contributed by atoms with Crippen molar-refractivity contribution in [1.29, 1.82) is 0 Å². The molecule has 0 aliphatic carbocycles. The van der Waals surface area contributed by atoms with Gasteiger partial charge in [0.1, 0.15) is 0 Å². The minimum Gasteiger partial charge on any atom is -0.374 e. The summed E-state index contributed by atoms with van der Waals surface area (Å²) >= 11 is 0. The van der Waals surface area contributed by atoms with E-state index in [-0.39, 0.29) is 11.1 Å². The number of hydrogen-bond acceptors (Lipinski definition) is 2. The summed E-state index contributed by atoms with van der Waals surface area (Å²) in [4.78, 5) is 0. The molecule has 0 aromatic rings. The number of hydrogen-bond donors (Lipinski definition) is 1. The summed E-state index contributed by atoms with van der Waals surface area (Å²) in [7, 11) is 0. The van der Waals surface area contributed by atoms with Crippen molar-refractivity contribution in [2.75, 3.05) is 13.2 Å². The molecule has 0 rings (SSSR count). The van der Waals surface area contributed by atoms with Crippen molar-refractivity contribution < 1.29 is 4.74 Å². The quantitative estimate of drug-likeness (QED) is 0.691. The lowest BCUT2D eigenvalue weighted by Gasteiger charge is -2.30. The molecule has 0 amide bonds. The standard InChI is InChI=1S/C12H27NO/c1-10(2)12(6,7)14-9-8-13-11(3,4)5/h10,13H,8-9H2,1-7H3. The second kappa shape index (κ2) is 5.13. The third-order valence-electron chi connectivity index (χ3n) is 2.62. The van der Waals surface area contributed by atoms with Gasteiger partial charge in [0.15, 0.2) is 0 Å². The summed E-state index contributed by atoms with van der Waals surface area (Å²) in [5.74, 6) is 0.553. The Hall–Kier alpha value is -0.0800. The first-order chi connectivity index (χ1) is 6.15. The van der Waals surface area contributed by atoms with Crippen molar-refractivity contribution in [2.45, 2.75) is 59.6 Å². The zero-order valence-electron chi connectivity index (χ0n) is 10.9. The average molecular weight is 201 g/mol. The summed E-state index contributed by atoms with van der Waals surface area (Å²) in [5, 5.41) is 3.41. The zero-order chi connectivity index (χ0) is 11.4. The predicted octanol–water partition coefficient (Wildman–Crippen LogP) is 2.83. The molecule has 0 saturated carbocycles. The number of rotatable bonds is 5. The van der Waals surface area contributed by atoms with Crippen molar-refractivity contribution >= 4 is 0 Å². The first-order valence-electron chi connectivity index (χ1n) is 5.54. The molecule has 0 fully saturated rings. The van der Waals surface area contributed by atoms with Crippen LogP contribution in [0.5, 0.6) is 0 Å². The van der Waals surface area contributed by atoms with Crippen LogP contribution >= 0.6 is 0 Å². The van der Waals surface area contributed by atoms with E-state index in [1.807, 2.05) is 0 Å². The van der Waals surface area contributed by atoms with Gasteiger partial charge < -0.3 is 10.1 Å². The Morgan fingerprint density at radius 2 is 1.57 bits per heavy atom. The highest BCUT2D eigenvalue weighted by atomic mass is 16.5. The normalized spacial score (nSPS) is 13.7. The largest absolute Gasteiger partial charge is 0.374 e. The van der Waals surface area contributed by atoms with Crippen LogP contribution in [0.15, 0.2) is 0 Å². The van der Waals surface area contributed by atoms with E-state index in [0.29, 0.717) is 5.92 Å². The Balaban J connectivity index is 3.65. The summed E-state index contributed by atoms with van der Waals surface area (Å²) < 4.78 is 5.82. The molecule has 14 heavy (non-hydrogen) atoms. The lowest BCUT2D eigenvalue weighted by atomic mass is 9.95. The van der Waals surface area contributed by atoms with Crippen molar-refractivity contribution in [2.24, 2.45) is 5.92 Å². The minimum atomic E-state index is -0.0143. The van der Waals surface area contributed by atoms with Crippen LogP contribution in [-0.2, 0) is 4.74 Å². The van der Waals surface area contributed by atoms with E-state index in [0.717, 1.165) is 13.2 Å². The fraction of sp³-hybridized carbons (Fsp3) is 1.00. The van der Waals surface area contributed by atoms with Gasteiger partial charge in [-0.2, -0.15) is 0 Å². The molecule has 2 heteroatoms. The third kappa shape index (κ3) is 6.39. The third-order valence-corrected chi connectivity index (χ3v) is 2.62. The first-order valence-corrected chi connectivity index (χ1v) is 5.54. The van der Waals surface area contributed by atoms with Crippen molar-refractivity contribution in [3.63, 3.8) is 0 Å². The van der Waals surface area contributed by atoms with E-state index in [1.165, 1.54) is 0 Å². The van der Waals surface area contributed by atoms with Gasteiger partial charge in [-0.3, -0.25) is 0 Å². The van der Waals surface area contributed by atoms with E-state index in [1.54, 1.807) is 0 Å². The van der Waals surface area contributed by atoms with Gasteiger partial charge in [-0.15, -0.1) is 0 Å². The maximum Gasteiger partial charge on any atom is 0.0649 e. The van der Waals surface area contributed by atoms with Crippen LogP contribution in [-0.4, -0.2) is 24.3 Å². The molecule has 86 valence electrons. The summed E-state index contributed by atoms with van der Waals surface area (Å²) in [6, 6.07) is 0. The highest BCUT2D eigenvalue weighted by Gasteiger charge is 2.22. The van der Waals surface area contributed by atoms with Crippen molar-refractivity contribution in [3.05, 3.63) is 0 Å². The smallest absolute Gasteiger partial charge is 0.0649 e. The predicted molar refractivity (Wildman–Crippen MR) is 62.6 cm³/mol. The van der Waals surface area contributed by atoms with Gasteiger partial charge in [-0.1, -0.05) is 13.8 Å². The maximum atomic E-state index is 5.82. The van der Waals surface area contributed by atoms with Gasteiger partial charge in [-0.05, 0) is 40.5 Å². The molecule has 0 aromatic carbocycles. The van der Waals surface area contributed by atoms with Crippen molar-refractivity contribution in [3.8, 4) is 0 Å². The monoisotopic (exact) mass is 201 g/mol. The SMILES string of the molecule is CC(C)C(C)(C)OCCNC(C)(C)C. The molecule has 0 unspecified atom stereocenters. The number of nitrogens with one attached hydrogen (secondary N) is 1. The molecule has 0 aliphatic heterocycles. The first kappa shape index (κ1) is 13.9. The van der Waals surface area contributed by atoms with E-state index in [9.17, 15) is 0 Å². The lowest BCUT2D eigenvalue weighted by molar-refractivity contribution is -0.0495. The topological polar surface area (TPSA) is 21.3 Å². The van der Waals surface area contributed by atoms with Crippen LogP contribution in [0.25, 0.3) is 0 Å². The molecule has 0 saturated heterocycles. The van der Waals surface area contributed by atoms with Crippen LogP contribution in [0, 0.1) is 5.92 Å². The Morgan fingerprint density at radius 3 is 1.93 bits per heavy atom. The van der Waals surface area contributed by atoms with Gasteiger partial charge in [0.25, 0.3) is 0 Å². The van der Waals surface area contributed by atoms with Gasteiger partial charge >= 0.3 is 0 Å². The molecule has 0 bridgehead atoms. The van der Waals surface area contributed by atoms with Gasteiger partial charge in [-0.25, -0.2) is 0 Å². The molecular formula is C12H27NO. The minimum absolute atomic E-state index is 0.0143. The van der Waals surface area contributed by atoms with Gasteiger partial charge in [0, 0.05) is 12.1 Å². The Bertz CT molecular complexity index is 156. The summed E-state index contributed by atoms with van der Waals surface area (Å²) in [5.41, 5.74) is 0.172. The molecule has 0 heterocycles. The zero-order valence-corrected chi connectivity index (χ0v) is 10.9. The fourth-order valence-electron chi connectivity index (χ4n) is 0.907. The van der Waals surface area contributed by atoms with Crippen LogP contribution < -0.4 is 5.32 Å². The van der Waals surface area contributed by atoms with Gasteiger partial charge in [0.05, 0.1) is 12.2 Å². The lowest BCUT2D eigenvalue weighted by Crippen LogP contribution is -2.40. The highest BCUT2D eigenvalue weighted by Crippen LogP contribution is 2.19. The van der Waals surface area contributed by atoms with E-state index >= 15 is 0 Å². The Labute approximate surface area is 89.4 Å². The molecule has 0 aliphatic rings. The summed E-state index contributed by atoms with van der Waals surface area (Å²) in [6.45, 7) is 16.9.